The number of carbonyl (C=O) groups is 2. The molecular formula is C23H27N3O2. The Balaban J connectivity index is 1.46. The number of hydrogen-bond donors (Lipinski definition) is 1. The fourth-order valence-corrected chi connectivity index (χ4v) is 4.14. The van der Waals surface area contributed by atoms with Gasteiger partial charge >= 0.3 is 0 Å². The molecule has 2 aliphatic heterocycles. The van der Waals surface area contributed by atoms with Crippen LogP contribution in [0, 0.1) is 0 Å². The van der Waals surface area contributed by atoms with Crippen LogP contribution in [0.15, 0.2) is 48.5 Å². The minimum Gasteiger partial charge on any atom is -0.348 e. The van der Waals surface area contributed by atoms with Crippen molar-refractivity contribution in [2.24, 2.45) is 0 Å². The summed E-state index contributed by atoms with van der Waals surface area (Å²) < 4.78 is 0. The van der Waals surface area contributed by atoms with Crippen molar-refractivity contribution in [3.63, 3.8) is 0 Å². The van der Waals surface area contributed by atoms with Crippen molar-refractivity contribution in [1.82, 2.24) is 10.2 Å². The number of anilines is 1. The third-order valence-corrected chi connectivity index (χ3v) is 5.66. The van der Waals surface area contributed by atoms with Crippen molar-refractivity contribution >= 4 is 17.5 Å². The lowest BCUT2D eigenvalue weighted by Gasteiger charge is -2.20. The molecule has 2 aromatic rings. The first-order valence-electron chi connectivity index (χ1n) is 10.2. The zero-order chi connectivity index (χ0) is 19.3. The molecule has 5 nitrogen and oxygen atoms in total. The molecule has 2 amide bonds. The molecule has 0 aromatic heterocycles. The van der Waals surface area contributed by atoms with Gasteiger partial charge in [0.05, 0.1) is 11.3 Å². The van der Waals surface area contributed by atoms with Gasteiger partial charge in [-0.3, -0.25) is 14.5 Å². The lowest BCUT2D eigenvalue weighted by Crippen LogP contribution is -2.29. The average Bonchev–Trinajstić information content (AvgIpc) is 3.39. The van der Waals surface area contributed by atoms with Crippen molar-refractivity contribution in [2.75, 3.05) is 24.5 Å². The predicted molar refractivity (Wildman–Crippen MR) is 110 cm³/mol. The summed E-state index contributed by atoms with van der Waals surface area (Å²) in [6.45, 7) is 4.41. The van der Waals surface area contributed by atoms with Gasteiger partial charge in [0, 0.05) is 26.1 Å². The van der Waals surface area contributed by atoms with Crippen LogP contribution in [0.1, 0.15) is 47.2 Å². The summed E-state index contributed by atoms with van der Waals surface area (Å²) in [4.78, 5) is 29.2. The van der Waals surface area contributed by atoms with Crippen LogP contribution in [-0.2, 0) is 17.9 Å². The minimum absolute atomic E-state index is 0.0937. The number of nitrogens with zero attached hydrogens (tertiary/aromatic N) is 2. The van der Waals surface area contributed by atoms with Gasteiger partial charge in [-0.25, -0.2) is 0 Å². The molecule has 0 atom stereocenters. The Morgan fingerprint density at radius 3 is 2.36 bits per heavy atom. The second-order valence-corrected chi connectivity index (χ2v) is 7.60. The van der Waals surface area contributed by atoms with Gasteiger partial charge in [-0.2, -0.15) is 0 Å². The van der Waals surface area contributed by atoms with E-state index in [-0.39, 0.29) is 11.8 Å². The molecule has 0 spiro atoms. The molecule has 4 rings (SSSR count). The van der Waals surface area contributed by atoms with Crippen molar-refractivity contribution in [3.8, 4) is 0 Å². The number of carbonyl (C=O) groups excluding carboxylic acids is 2. The quantitative estimate of drug-likeness (QED) is 0.840. The van der Waals surface area contributed by atoms with E-state index in [4.69, 9.17) is 0 Å². The summed E-state index contributed by atoms with van der Waals surface area (Å²) >= 11 is 0. The molecule has 2 heterocycles. The van der Waals surface area contributed by atoms with E-state index in [1.54, 1.807) is 11.0 Å². The largest absolute Gasteiger partial charge is 0.348 e. The lowest BCUT2D eigenvalue weighted by molar-refractivity contribution is -0.117. The maximum absolute atomic E-state index is 12.9. The SMILES string of the molecule is O=C(NCc1ccccc1CN1CCCC1)c1ccccc1N1CCCC1=O. The van der Waals surface area contributed by atoms with Gasteiger partial charge in [0.25, 0.3) is 5.91 Å². The monoisotopic (exact) mass is 377 g/mol. The first-order chi connectivity index (χ1) is 13.7. The highest BCUT2D eigenvalue weighted by Gasteiger charge is 2.25. The normalized spacial score (nSPS) is 17.3. The van der Waals surface area contributed by atoms with Gasteiger partial charge in [-0.1, -0.05) is 36.4 Å². The summed E-state index contributed by atoms with van der Waals surface area (Å²) in [6.07, 6.45) is 3.94. The summed E-state index contributed by atoms with van der Waals surface area (Å²) in [5.74, 6) is -0.0394. The molecule has 0 saturated carbocycles. The third-order valence-electron chi connectivity index (χ3n) is 5.66. The lowest BCUT2D eigenvalue weighted by atomic mass is 10.1. The third kappa shape index (κ3) is 4.09. The molecule has 0 aliphatic carbocycles. The van der Waals surface area contributed by atoms with E-state index in [1.165, 1.54) is 18.4 Å². The van der Waals surface area contributed by atoms with Crippen molar-refractivity contribution in [2.45, 2.75) is 38.8 Å². The predicted octanol–water partition coefficient (Wildman–Crippen LogP) is 3.34. The van der Waals surface area contributed by atoms with E-state index in [1.807, 2.05) is 24.3 Å². The topological polar surface area (TPSA) is 52.7 Å². The highest BCUT2D eigenvalue weighted by atomic mass is 16.2. The van der Waals surface area contributed by atoms with Crippen LogP contribution < -0.4 is 10.2 Å². The fourth-order valence-electron chi connectivity index (χ4n) is 4.14. The molecule has 5 heteroatoms. The summed E-state index contributed by atoms with van der Waals surface area (Å²) in [5, 5.41) is 3.06. The van der Waals surface area contributed by atoms with E-state index >= 15 is 0 Å². The van der Waals surface area contributed by atoms with Gasteiger partial charge in [-0.05, 0) is 55.6 Å². The van der Waals surface area contributed by atoms with Crippen molar-refractivity contribution < 1.29 is 9.59 Å². The molecule has 2 aliphatic rings. The molecule has 146 valence electrons. The number of benzene rings is 2. The molecule has 0 unspecified atom stereocenters. The molecule has 0 radical (unpaired) electrons. The molecule has 2 fully saturated rings. The number of para-hydroxylation sites is 1. The van der Waals surface area contributed by atoms with Crippen LogP contribution in [-0.4, -0.2) is 36.3 Å². The standard InChI is InChI=1S/C23H27N3O2/c27-22-12-7-15-26(22)21-11-4-3-10-20(21)23(28)24-16-18-8-1-2-9-19(18)17-25-13-5-6-14-25/h1-4,8-11H,5-7,12-17H2,(H,24,28). The zero-order valence-electron chi connectivity index (χ0n) is 16.2. The number of hydrogen-bond acceptors (Lipinski definition) is 3. The van der Waals surface area contributed by atoms with Gasteiger partial charge in [0.2, 0.25) is 5.91 Å². The zero-order valence-corrected chi connectivity index (χ0v) is 16.2. The van der Waals surface area contributed by atoms with E-state index in [0.29, 0.717) is 30.8 Å². The molecule has 0 bridgehead atoms. The fraction of sp³-hybridized carbons (Fsp3) is 0.391. The number of rotatable bonds is 6. The Kier molecular flexibility index (Phi) is 5.72. The van der Waals surface area contributed by atoms with E-state index < -0.39 is 0 Å². The minimum atomic E-state index is -0.133. The number of nitrogens with one attached hydrogen (secondary N) is 1. The second-order valence-electron chi connectivity index (χ2n) is 7.60. The Labute approximate surface area is 166 Å². The maximum atomic E-state index is 12.9. The maximum Gasteiger partial charge on any atom is 0.253 e. The second kappa shape index (κ2) is 8.57. The van der Waals surface area contributed by atoms with Crippen LogP contribution in [0.4, 0.5) is 5.69 Å². The van der Waals surface area contributed by atoms with E-state index in [2.05, 4.69) is 28.4 Å². The Morgan fingerprint density at radius 1 is 0.893 bits per heavy atom. The van der Waals surface area contributed by atoms with Gasteiger partial charge in [0.1, 0.15) is 0 Å². The molecule has 28 heavy (non-hydrogen) atoms. The summed E-state index contributed by atoms with van der Waals surface area (Å²) in [7, 11) is 0. The van der Waals surface area contributed by atoms with Crippen LogP contribution in [0.25, 0.3) is 0 Å². The van der Waals surface area contributed by atoms with Gasteiger partial charge < -0.3 is 10.2 Å². The molecular weight excluding hydrogens is 350 g/mol. The first kappa shape index (κ1) is 18.7. The number of amides is 2. The van der Waals surface area contributed by atoms with Crippen LogP contribution >= 0.6 is 0 Å². The summed E-state index contributed by atoms with van der Waals surface area (Å²) in [5.41, 5.74) is 3.70. The molecule has 2 aromatic carbocycles. The van der Waals surface area contributed by atoms with Crippen LogP contribution in [0.5, 0.6) is 0 Å². The highest BCUT2D eigenvalue weighted by molar-refractivity contribution is 6.05. The van der Waals surface area contributed by atoms with Crippen LogP contribution in [0.2, 0.25) is 0 Å². The van der Waals surface area contributed by atoms with Gasteiger partial charge in [-0.15, -0.1) is 0 Å². The smallest absolute Gasteiger partial charge is 0.253 e. The summed E-state index contributed by atoms with van der Waals surface area (Å²) in [6, 6.07) is 15.7. The van der Waals surface area contributed by atoms with E-state index in [0.717, 1.165) is 31.6 Å². The van der Waals surface area contributed by atoms with Crippen molar-refractivity contribution in [1.29, 1.82) is 0 Å². The molecule has 2 saturated heterocycles. The van der Waals surface area contributed by atoms with Crippen LogP contribution in [0.3, 0.4) is 0 Å². The average molecular weight is 377 g/mol. The number of likely N-dealkylation sites (tertiary alicyclic amines) is 1. The first-order valence-corrected chi connectivity index (χ1v) is 10.2. The molecule has 1 N–H and O–H groups in total. The highest BCUT2D eigenvalue weighted by Crippen LogP contribution is 2.25. The van der Waals surface area contributed by atoms with E-state index in [9.17, 15) is 9.59 Å². The van der Waals surface area contributed by atoms with Crippen molar-refractivity contribution in [3.05, 3.63) is 65.2 Å². The van der Waals surface area contributed by atoms with Gasteiger partial charge in [0.15, 0.2) is 0 Å². The Bertz CT molecular complexity index is 858. The Morgan fingerprint density at radius 2 is 1.61 bits per heavy atom. The Hall–Kier alpha value is -2.66.